The van der Waals surface area contributed by atoms with Gasteiger partial charge in [-0.25, -0.2) is 4.68 Å². The van der Waals surface area contributed by atoms with Crippen LogP contribution in [0.2, 0.25) is 0 Å². The lowest BCUT2D eigenvalue weighted by Gasteiger charge is -2.09. The largest absolute Gasteiger partial charge is 0.370 e. The van der Waals surface area contributed by atoms with Crippen molar-refractivity contribution in [2.75, 3.05) is 0 Å². The fourth-order valence-electron chi connectivity index (χ4n) is 2.66. The summed E-state index contributed by atoms with van der Waals surface area (Å²) < 4.78 is 1.73. The predicted octanol–water partition coefficient (Wildman–Crippen LogP) is 2.34. The van der Waals surface area contributed by atoms with E-state index in [1.54, 1.807) is 4.68 Å². The average molecular weight is 359 g/mol. The third kappa shape index (κ3) is 3.61. The van der Waals surface area contributed by atoms with Crippen LogP contribution in [0.5, 0.6) is 0 Å². The second-order valence-electron chi connectivity index (χ2n) is 5.47. The molecule has 4 N–H and O–H groups in total. The van der Waals surface area contributed by atoms with Crippen molar-refractivity contribution in [3.8, 4) is 5.69 Å². The van der Waals surface area contributed by atoms with Gasteiger partial charge in [-0.3, -0.25) is 20.5 Å². The summed E-state index contributed by atoms with van der Waals surface area (Å²) in [4.78, 5) is 16.6. The molecule has 7 nitrogen and oxygen atoms in total. The summed E-state index contributed by atoms with van der Waals surface area (Å²) >= 11 is 0. The van der Waals surface area contributed by atoms with Gasteiger partial charge in [-0.1, -0.05) is 13.0 Å². The van der Waals surface area contributed by atoms with Crippen LogP contribution < -0.4 is 11.1 Å². The monoisotopic (exact) mass is 358 g/mol. The van der Waals surface area contributed by atoms with Crippen molar-refractivity contribution >= 4 is 35.2 Å². The minimum atomic E-state index is -0.427. The lowest BCUT2D eigenvalue weighted by molar-refractivity contribution is 0.0975. The van der Waals surface area contributed by atoms with Gasteiger partial charge in [0.2, 0.25) is 0 Å². The molecule has 0 saturated carbocycles. The first-order valence-corrected chi connectivity index (χ1v) is 7.59. The molecule has 0 fully saturated rings. The molecule has 3 aromatic rings. The van der Waals surface area contributed by atoms with Crippen LogP contribution in [0.3, 0.4) is 0 Å². The van der Waals surface area contributed by atoms with Crippen molar-refractivity contribution in [3.05, 3.63) is 53.5 Å². The number of hydrogen-bond donors (Lipinski definition) is 3. The van der Waals surface area contributed by atoms with Gasteiger partial charge in [0.25, 0.3) is 5.91 Å². The Hall–Kier alpha value is -2.93. The highest BCUT2D eigenvalue weighted by Gasteiger charge is 2.17. The lowest BCUT2D eigenvalue weighted by Crippen LogP contribution is -2.36. The second kappa shape index (κ2) is 7.31. The topological polar surface area (TPSA) is 110 Å². The van der Waals surface area contributed by atoms with Crippen LogP contribution in [0, 0.1) is 12.3 Å². The van der Waals surface area contributed by atoms with Crippen LogP contribution >= 0.6 is 12.4 Å². The number of amides is 1. The molecule has 2 heterocycles. The van der Waals surface area contributed by atoms with Crippen molar-refractivity contribution in [2.45, 2.75) is 20.3 Å². The summed E-state index contributed by atoms with van der Waals surface area (Å²) in [5, 5.41) is 14.8. The van der Waals surface area contributed by atoms with Gasteiger partial charge in [-0.15, -0.1) is 12.4 Å². The maximum atomic E-state index is 12.1. The maximum Gasteiger partial charge on any atom is 0.261 e. The number of carbonyl (C=O) groups is 1. The van der Waals surface area contributed by atoms with Gasteiger partial charge in [0, 0.05) is 11.1 Å². The Balaban J connectivity index is 0.00000225. The molecule has 2 aromatic heterocycles. The van der Waals surface area contributed by atoms with Gasteiger partial charge >= 0.3 is 0 Å². The van der Waals surface area contributed by atoms with Crippen molar-refractivity contribution in [1.29, 1.82) is 5.41 Å². The molecule has 3 rings (SSSR count). The molecule has 0 atom stereocenters. The smallest absolute Gasteiger partial charge is 0.261 e. The van der Waals surface area contributed by atoms with Gasteiger partial charge in [0.1, 0.15) is 0 Å². The number of aromatic nitrogens is 3. The fourth-order valence-corrected chi connectivity index (χ4v) is 2.66. The zero-order valence-electron chi connectivity index (χ0n) is 13.9. The Labute approximate surface area is 151 Å². The molecule has 0 spiro atoms. The van der Waals surface area contributed by atoms with Crippen molar-refractivity contribution in [3.63, 3.8) is 0 Å². The summed E-state index contributed by atoms with van der Waals surface area (Å²) in [6.45, 7) is 3.90. The van der Waals surface area contributed by atoms with E-state index < -0.39 is 5.91 Å². The van der Waals surface area contributed by atoms with Gasteiger partial charge in [0.05, 0.1) is 28.7 Å². The quantitative estimate of drug-likeness (QED) is 0.493. The molecule has 0 bridgehead atoms. The summed E-state index contributed by atoms with van der Waals surface area (Å²) in [5.41, 5.74) is 9.13. The van der Waals surface area contributed by atoms with Gasteiger partial charge < -0.3 is 5.73 Å². The molecule has 1 aromatic carbocycles. The summed E-state index contributed by atoms with van der Waals surface area (Å²) in [5.74, 6) is -0.814. The number of nitrogens with two attached hydrogens (primary N) is 1. The molecule has 0 aliphatic rings. The normalized spacial score (nSPS) is 10.3. The SMILES string of the molecule is CCc1c(C(=O)NC(=N)N)cnn1-c1ccc2nc(C)ccc2c1.Cl. The van der Waals surface area contributed by atoms with Crippen molar-refractivity contribution < 1.29 is 4.79 Å². The van der Waals surface area contributed by atoms with Crippen LogP contribution in [0.4, 0.5) is 0 Å². The number of halogens is 1. The van der Waals surface area contributed by atoms with Crippen LogP contribution in [0.25, 0.3) is 16.6 Å². The first kappa shape index (κ1) is 18.4. The van der Waals surface area contributed by atoms with Crippen LogP contribution in [-0.4, -0.2) is 26.6 Å². The minimum absolute atomic E-state index is 0. The summed E-state index contributed by atoms with van der Waals surface area (Å²) in [6, 6.07) is 9.82. The Morgan fingerprint density at radius 1 is 1.32 bits per heavy atom. The lowest BCUT2D eigenvalue weighted by atomic mass is 10.1. The highest BCUT2D eigenvalue weighted by atomic mass is 35.5. The van der Waals surface area contributed by atoms with E-state index in [1.165, 1.54) is 6.20 Å². The van der Waals surface area contributed by atoms with Gasteiger partial charge in [0.15, 0.2) is 5.96 Å². The van der Waals surface area contributed by atoms with Crippen molar-refractivity contribution in [1.82, 2.24) is 20.1 Å². The van der Waals surface area contributed by atoms with Crippen LogP contribution in [0.1, 0.15) is 28.7 Å². The number of nitrogens with zero attached hydrogens (tertiary/aromatic N) is 3. The molecular formula is C17H19ClN6O. The van der Waals surface area contributed by atoms with E-state index in [2.05, 4.69) is 15.4 Å². The molecule has 8 heteroatoms. The van der Waals surface area contributed by atoms with E-state index in [-0.39, 0.29) is 18.4 Å². The highest BCUT2D eigenvalue weighted by molar-refractivity contribution is 6.05. The van der Waals surface area contributed by atoms with E-state index in [0.717, 1.165) is 28.0 Å². The number of aryl methyl sites for hydroxylation is 1. The summed E-state index contributed by atoms with van der Waals surface area (Å²) in [6.07, 6.45) is 2.11. The first-order chi connectivity index (χ1) is 11.5. The molecule has 0 radical (unpaired) electrons. The van der Waals surface area contributed by atoms with Crippen LogP contribution in [0.15, 0.2) is 36.5 Å². The average Bonchev–Trinajstić information content (AvgIpc) is 2.97. The van der Waals surface area contributed by atoms with Crippen LogP contribution in [-0.2, 0) is 6.42 Å². The number of pyridine rings is 1. The van der Waals surface area contributed by atoms with E-state index >= 15 is 0 Å². The third-order valence-corrected chi connectivity index (χ3v) is 3.75. The van der Waals surface area contributed by atoms with E-state index in [0.29, 0.717) is 12.0 Å². The Morgan fingerprint density at radius 2 is 2.08 bits per heavy atom. The molecule has 0 saturated heterocycles. The molecule has 25 heavy (non-hydrogen) atoms. The zero-order chi connectivity index (χ0) is 17.3. The van der Waals surface area contributed by atoms with Gasteiger partial charge in [-0.2, -0.15) is 5.10 Å². The number of benzene rings is 1. The van der Waals surface area contributed by atoms with E-state index in [1.807, 2.05) is 44.2 Å². The number of rotatable bonds is 3. The Kier molecular flexibility index (Phi) is 5.38. The van der Waals surface area contributed by atoms with Crippen molar-refractivity contribution in [2.24, 2.45) is 5.73 Å². The number of nitrogens with one attached hydrogen (secondary N) is 2. The second-order valence-corrected chi connectivity index (χ2v) is 5.47. The fraction of sp³-hybridized carbons (Fsp3) is 0.176. The maximum absolute atomic E-state index is 12.1. The molecular weight excluding hydrogens is 340 g/mol. The molecule has 1 amide bonds. The minimum Gasteiger partial charge on any atom is -0.370 e. The zero-order valence-corrected chi connectivity index (χ0v) is 14.7. The number of fused-ring (bicyclic) bond motifs is 1. The number of carbonyl (C=O) groups excluding carboxylic acids is 1. The van der Waals surface area contributed by atoms with E-state index in [4.69, 9.17) is 11.1 Å². The predicted molar refractivity (Wildman–Crippen MR) is 99.6 cm³/mol. The highest BCUT2D eigenvalue weighted by Crippen LogP contribution is 2.20. The number of hydrogen-bond acceptors (Lipinski definition) is 4. The Bertz CT molecular complexity index is 949. The first-order valence-electron chi connectivity index (χ1n) is 7.59. The molecule has 0 aliphatic heterocycles. The standard InChI is InChI=1S/C17H18N6O.ClH/c1-3-15-13(16(24)22-17(18)19)9-20-23(15)12-6-7-14-11(8-12)5-4-10(2)21-14;/h4-9H,3H2,1-2H3,(H4,18,19,22,24);1H. The Morgan fingerprint density at radius 3 is 2.76 bits per heavy atom. The van der Waals surface area contributed by atoms with Gasteiger partial charge in [-0.05, 0) is 37.6 Å². The van der Waals surface area contributed by atoms with E-state index in [9.17, 15) is 4.79 Å². The molecule has 0 unspecified atom stereocenters. The molecule has 0 aliphatic carbocycles. The molecule has 130 valence electrons. The summed E-state index contributed by atoms with van der Waals surface area (Å²) in [7, 11) is 0. The third-order valence-electron chi connectivity index (χ3n) is 3.75. The number of guanidine groups is 1.